The minimum Gasteiger partial charge on any atom is -0.377 e. The number of halogens is 2. The second kappa shape index (κ2) is 7.19. The van der Waals surface area contributed by atoms with Gasteiger partial charge >= 0.3 is 0 Å². The van der Waals surface area contributed by atoms with Crippen molar-refractivity contribution in [2.24, 2.45) is 5.73 Å². The van der Waals surface area contributed by atoms with E-state index in [4.69, 9.17) is 22.1 Å². The van der Waals surface area contributed by atoms with Gasteiger partial charge in [0.15, 0.2) is 9.84 Å². The van der Waals surface area contributed by atoms with Crippen molar-refractivity contribution in [1.29, 1.82) is 0 Å². The molecule has 0 radical (unpaired) electrons. The monoisotopic (exact) mass is 309 g/mol. The van der Waals surface area contributed by atoms with E-state index in [0.29, 0.717) is 13.0 Å². The van der Waals surface area contributed by atoms with Gasteiger partial charge in [0.2, 0.25) is 0 Å². The SMILES string of the molecule is CCOC(CN)CCS(=O)(=O)c1ccc(F)c(Cl)c1. The van der Waals surface area contributed by atoms with Gasteiger partial charge in [-0.2, -0.15) is 0 Å². The van der Waals surface area contributed by atoms with Crippen molar-refractivity contribution in [3.63, 3.8) is 0 Å². The summed E-state index contributed by atoms with van der Waals surface area (Å²) in [5, 5.41) is -0.207. The fraction of sp³-hybridized carbons (Fsp3) is 0.500. The normalized spacial score (nSPS) is 13.5. The van der Waals surface area contributed by atoms with Crippen LogP contribution in [0.4, 0.5) is 4.39 Å². The van der Waals surface area contributed by atoms with E-state index in [0.717, 1.165) is 12.1 Å². The van der Waals surface area contributed by atoms with Gasteiger partial charge in [0.1, 0.15) is 5.82 Å². The lowest BCUT2D eigenvalue weighted by Gasteiger charge is -2.14. The molecule has 4 nitrogen and oxygen atoms in total. The van der Waals surface area contributed by atoms with Gasteiger partial charge in [0, 0.05) is 13.2 Å². The van der Waals surface area contributed by atoms with Crippen molar-refractivity contribution < 1.29 is 17.5 Å². The molecule has 1 atom stereocenters. The summed E-state index contributed by atoms with van der Waals surface area (Å²) < 4.78 is 42.4. The van der Waals surface area contributed by atoms with Crippen LogP contribution in [-0.4, -0.2) is 33.4 Å². The molecule has 1 rings (SSSR count). The maximum atomic E-state index is 13.0. The molecule has 0 fully saturated rings. The first-order chi connectivity index (χ1) is 8.90. The Kier molecular flexibility index (Phi) is 6.19. The van der Waals surface area contributed by atoms with Crippen molar-refractivity contribution in [2.75, 3.05) is 18.9 Å². The second-order valence-electron chi connectivity index (χ2n) is 4.00. The summed E-state index contributed by atoms with van der Waals surface area (Å²) in [5.41, 5.74) is 5.48. The van der Waals surface area contributed by atoms with Crippen LogP contribution in [-0.2, 0) is 14.6 Å². The molecular formula is C12H17ClFNO3S. The van der Waals surface area contributed by atoms with Crippen LogP contribution in [0.2, 0.25) is 5.02 Å². The number of ether oxygens (including phenoxy) is 1. The maximum Gasteiger partial charge on any atom is 0.178 e. The highest BCUT2D eigenvalue weighted by Gasteiger charge is 2.18. The van der Waals surface area contributed by atoms with Gasteiger partial charge in [0.25, 0.3) is 0 Å². The van der Waals surface area contributed by atoms with Gasteiger partial charge in [-0.1, -0.05) is 11.6 Å². The molecule has 0 spiro atoms. The zero-order chi connectivity index (χ0) is 14.5. The quantitative estimate of drug-likeness (QED) is 0.782. The predicted octanol–water partition coefficient (Wildman–Crippen LogP) is 2.01. The summed E-state index contributed by atoms with van der Waals surface area (Å²) in [6, 6.07) is 3.36. The molecule has 0 aliphatic rings. The molecule has 7 heteroatoms. The van der Waals surface area contributed by atoms with E-state index in [9.17, 15) is 12.8 Å². The Morgan fingerprint density at radius 1 is 1.47 bits per heavy atom. The first-order valence-electron chi connectivity index (χ1n) is 5.90. The molecule has 1 aromatic rings. The molecule has 0 aliphatic heterocycles. The highest BCUT2D eigenvalue weighted by atomic mass is 35.5. The Morgan fingerprint density at radius 3 is 2.68 bits per heavy atom. The summed E-state index contributed by atoms with van der Waals surface area (Å²) in [7, 11) is -3.51. The fourth-order valence-electron chi connectivity index (χ4n) is 1.58. The summed E-state index contributed by atoms with van der Waals surface area (Å²) in [6.45, 7) is 2.55. The minimum absolute atomic E-state index is 0.00571. The van der Waals surface area contributed by atoms with Crippen LogP contribution in [0.25, 0.3) is 0 Å². The van der Waals surface area contributed by atoms with Crippen LogP contribution < -0.4 is 5.73 Å². The number of sulfone groups is 1. The van der Waals surface area contributed by atoms with E-state index in [1.165, 1.54) is 6.07 Å². The first kappa shape index (κ1) is 16.4. The van der Waals surface area contributed by atoms with Crippen LogP contribution in [0.1, 0.15) is 13.3 Å². The van der Waals surface area contributed by atoms with Gasteiger partial charge in [-0.05, 0) is 31.5 Å². The third-order valence-electron chi connectivity index (χ3n) is 2.62. The molecule has 108 valence electrons. The van der Waals surface area contributed by atoms with Crippen LogP contribution in [0.3, 0.4) is 0 Å². The van der Waals surface area contributed by atoms with Crippen LogP contribution in [0, 0.1) is 5.82 Å². The molecule has 19 heavy (non-hydrogen) atoms. The van der Waals surface area contributed by atoms with E-state index < -0.39 is 15.7 Å². The van der Waals surface area contributed by atoms with E-state index in [-0.39, 0.29) is 28.3 Å². The third-order valence-corrected chi connectivity index (χ3v) is 4.66. The first-order valence-corrected chi connectivity index (χ1v) is 7.93. The lowest BCUT2D eigenvalue weighted by molar-refractivity contribution is 0.0671. The van der Waals surface area contributed by atoms with Crippen LogP contribution in [0.5, 0.6) is 0 Å². The molecule has 0 heterocycles. The third kappa shape index (κ3) is 4.72. The number of benzene rings is 1. The Hall–Kier alpha value is -0.690. The summed E-state index contributed by atoms with van der Waals surface area (Å²) in [4.78, 5) is 0.00571. The minimum atomic E-state index is -3.51. The van der Waals surface area contributed by atoms with Crippen molar-refractivity contribution in [2.45, 2.75) is 24.3 Å². The molecular weight excluding hydrogens is 293 g/mol. The van der Waals surface area contributed by atoms with Crippen molar-refractivity contribution in [1.82, 2.24) is 0 Å². The molecule has 0 saturated heterocycles. The number of nitrogens with two attached hydrogens (primary N) is 1. The molecule has 2 N–H and O–H groups in total. The van der Waals surface area contributed by atoms with Gasteiger partial charge in [-0.15, -0.1) is 0 Å². The number of hydrogen-bond donors (Lipinski definition) is 1. The molecule has 0 aliphatic carbocycles. The van der Waals surface area contributed by atoms with E-state index >= 15 is 0 Å². The topological polar surface area (TPSA) is 69.4 Å². The largest absolute Gasteiger partial charge is 0.377 e. The predicted molar refractivity (Wildman–Crippen MR) is 72.5 cm³/mol. The zero-order valence-electron chi connectivity index (χ0n) is 10.6. The smallest absolute Gasteiger partial charge is 0.178 e. The molecule has 0 saturated carbocycles. The Balaban J connectivity index is 2.78. The highest BCUT2D eigenvalue weighted by molar-refractivity contribution is 7.91. The molecule has 1 aromatic carbocycles. The lowest BCUT2D eigenvalue weighted by atomic mass is 10.3. The average Bonchev–Trinajstić information content (AvgIpc) is 2.37. The standard InChI is InChI=1S/C12H17ClFNO3S/c1-2-18-9(8-15)5-6-19(16,17)10-3-4-12(14)11(13)7-10/h3-4,7,9H,2,5-6,8,15H2,1H3. The van der Waals surface area contributed by atoms with Crippen molar-refractivity contribution in [3.05, 3.63) is 29.0 Å². The maximum absolute atomic E-state index is 13.0. The molecule has 0 bridgehead atoms. The Morgan fingerprint density at radius 2 is 2.16 bits per heavy atom. The van der Waals surface area contributed by atoms with Crippen LogP contribution in [0.15, 0.2) is 23.1 Å². The van der Waals surface area contributed by atoms with Crippen molar-refractivity contribution >= 4 is 21.4 Å². The lowest BCUT2D eigenvalue weighted by Crippen LogP contribution is -2.26. The van der Waals surface area contributed by atoms with Gasteiger partial charge in [-0.3, -0.25) is 0 Å². The van der Waals surface area contributed by atoms with Gasteiger partial charge in [0.05, 0.1) is 21.8 Å². The van der Waals surface area contributed by atoms with E-state index in [1.54, 1.807) is 0 Å². The molecule has 1 unspecified atom stereocenters. The van der Waals surface area contributed by atoms with Crippen molar-refractivity contribution in [3.8, 4) is 0 Å². The number of hydrogen-bond acceptors (Lipinski definition) is 4. The Bertz CT molecular complexity index is 522. The van der Waals surface area contributed by atoms with Gasteiger partial charge in [-0.25, -0.2) is 12.8 Å². The zero-order valence-corrected chi connectivity index (χ0v) is 12.2. The fourth-order valence-corrected chi connectivity index (χ4v) is 3.21. The summed E-state index contributed by atoms with van der Waals surface area (Å²) in [6.07, 6.45) is -0.00233. The summed E-state index contributed by atoms with van der Waals surface area (Å²) in [5.74, 6) is -0.758. The number of rotatable bonds is 7. The van der Waals surface area contributed by atoms with Gasteiger partial charge < -0.3 is 10.5 Å². The summed E-state index contributed by atoms with van der Waals surface area (Å²) >= 11 is 5.58. The van der Waals surface area contributed by atoms with E-state index in [1.807, 2.05) is 6.92 Å². The molecule has 0 aromatic heterocycles. The van der Waals surface area contributed by atoms with E-state index in [2.05, 4.69) is 0 Å². The molecule has 0 amide bonds. The van der Waals surface area contributed by atoms with Crippen LogP contribution >= 0.6 is 11.6 Å². The second-order valence-corrected chi connectivity index (χ2v) is 6.51. The average molecular weight is 310 g/mol. The Labute approximate surface area is 117 Å². The highest BCUT2D eigenvalue weighted by Crippen LogP contribution is 2.21.